The van der Waals surface area contributed by atoms with E-state index in [9.17, 15) is 0 Å². The van der Waals surface area contributed by atoms with E-state index in [1.807, 2.05) is 30.3 Å². The topological polar surface area (TPSA) is 38.9 Å². The van der Waals surface area contributed by atoms with Crippen LogP contribution in [0.2, 0.25) is 5.02 Å². The van der Waals surface area contributed by atoms with Crippen LogP contribution in [-0.2, 0) is 12.3 Å². The van der Waals surface area contributed by atoms with E-state index in [-0.39, 0.29) is 0 Å². The molecule has 2 N–H and O–H groups in total. The van der Waals surface area contributed by atoms with E-state index >= 15 is 0 Å². The highest BCUT2D eigenvalue weighted by Gasteiger charge is 1.99. The van der Waals surface area contributed by atoms with Crippen molar-refractivity contribution in [3.8, 4) is 0 Å². The molecule has 17 heavy (non-hydrogen) atoms. The van der Waals surface area contributed by atoms with E-state index in [0.717, 1.165) is 16.5 Å². The third-order valence-corrected chi connectivity index (χ3v) is 3.59. The number of benzene rings is 1. The predicted molar refractivity (Wildman–Crippen MR) is 73.1 cm³/mol. The van der Waals surface area contributed by atoms with Crippen LogP contribution in [0.1, 0.15) is 11.3 Å². The largest absolute Gasteiger partial charge is 0.325 e. The molecule has 1 aromatic heterocycles. The molecule has 0 radical (unpaired) electrons. The molecule has 2 aromatic rings. The van der Waals surface area contributed by atoms with Crippen LogP contribution in [0.3, 0.4) is 0 Å². The Hall–Kier alpha value is -1.03. The van der Waals surface area contributed by atoms with Crippen molar-refractivity contribution in [3.63, 3.8) is 0 Å². The minimum absolute atomic E-state index is 0.482. The second-order valence-electron chi connectivity index (χ2n) is 3.61. The van der Waals surface area contributed by atoms with Crippen LogP contribution >= 0.6 is 23.4 Å². The number of halogens is 1. The van der Waals surface area contributed by atoms with Gasteiger partial charge < -0.3 is 5.73 Å². The molecule has 0 atom stereocenters. The van der Waals surface area contributed by atoms with Gasteiger partial charge in [-0.15, -0.1) is 11.8 Å². The average Bonchev–Trinajstić information content (AvgIpc) is 2.37. The SMILES string of the molecule is NCc1cc(CSc2cccc(Cl)c2)ccn1. The van der Waals surface area contributed by atoms with E-state index in [2.05, 4.69) is 11.1 Å². The Kier molecular flexibility index (Phi) is 4.42. The summed E-state index contributed by atoms with van der Waals surface area (Å²) in [5.74, 6) is 0.899. The number of nitrogens with zero attached hydrogens (tertiary/aromatic N) is 1. The standard InChI is InChI=1S/C13H13ClN2S/c14-11-2-1-3-13(7-11)17-9-10-4-5-16-12(6-10)8-15/h1-7H,8-9,15H2. The second kappa shape index (κ2) is 6.05. The van der Waals surface area contributed by atoms with E-state index in [1.165, 1.54) is 10.5 Å². The average molecular weight is 265 g/mol. The Morgan fingerprint density at radius 1 is 1.24 bits per heavy atom. The van der Waals surface area contributed by atoms with E-state index < -0.39 is 0 Å². The lowest BCUT2D eigenvalue weighted by atomic mass is 10.2. The fourth-order valence-corrected chi connectivity index (χ4v) is 2.61. The van der Waals surface area contributed by atoms with Gasteiger partial charge in [0.05, 0.1) is 5.69 Å². The van der Waals surface area contributed by atoms with Crippen molar-refractivity contribution in [1.82, 2.24) is 4.98 Å². The molecule has 0 aliphatic rings. The minimum Gasteiger partial charge on any atom is -0.325 e. The first-order valence-corrected chi connectivity index (χ1v) is 6.66. The molecule has 0 unspecified atom stereocenters. The Morgan fingerprint density at radius 2 is 2.12 bits per heavy atom. The van der Waals surface area contributed by atoms with Gasteiger partial charge in [0.15, 0.2) is 0 Å². The molecule has 0 saturated carbocycles. The number of hydrogen-bond donors (Lipinski definition) is 1. The van der Waals surface area contributed by atoms with Crippen LogP contribution in [-0.4, -0.2) is 4.98 Å². The van der Waals surface area contributed by atoms with Gasteiger partial charge in [-0.05, 0) is 35.9 Å². The summed E-state index contributed by atoms with van der Waals surface area (Å²) < 4.78 is 0. The molecular weight excluding hydrogens is 252 g/mol. The van der Waals surface area contributed by atoms with E-state index in [0.29, 0.717) is 6.54 Å². The normalized spacial score (nSPS) is 10.5. The minimum atomic E-state index is 0.482. The number of thioether (sulfide) groups is 1. The van der Waals surface area contributed by atoms with Crippen LogP contribution in [0.5, 0.6) is 0 Å². The molecule has 4 heteroatoms. The van der Waals surface area contributed by atoms with Gasteiger partial charge in [0.1, 0.15) is 0 Å². The van der Waals surface area contributed by atoms with Crippen molar-refractivity contribution in [2.75, 3.05) is 0 Å². The van der Waals surface area contributed by atoms with Gasteiger partial charge in [0.2, 0.25) is 0 Å². The summed E-state index contributed by atoms with van der Waals surface area (Å²) in [7, 11) is 0. The third kappa shape index (κ3) is 3.73. The fourth-order valence-electron chi connectivity index (χ4n) is 1.45. The first-order valence-electron chi connectivity index (χ1n) is 5.30. The highest BCUT2D eigenvalue weighted by atomic mass is 35.5. The lowest BCUT2D eigenvalue weighted by Gasteiger charge is -2.04. The molecule has 88 valence electrons. The number of rotatable bonds is 4. The summed E-state index contributed by atoms with van der Waals surface area (Å²) in [6.07, 6.45) is 1.80. The van der Waals surface area contributed by atoms with Crippen molar-refractivity contribution in [3.05, 3.63) is 58.9 Å². The lowest BCUT2D eigenvalue weighted by molar-refractivity contribution is 0.983. The highest BCUT2D eigenvalue weighted by Crippen LogP contribution is 2.25. The molecule has 0 amide bonds. The highest BCUT2D eigenvalue weighted by molar-refractivity contribution is 7.98. The Morgan fingerprint density at radius 3 is 2.88 bits per heavy atom. The second-order valence-corrected chi connectivity index (χ2v) is 5.09. The van der Waals surface area contributed by atoms with Crippen molar-refractivity contribution in [2.24, 2.45) is 5.73 Å². The fraction of sp³-hybridized carbons (Fsp3) is 0.154. The van der Waals surface area contributed by atoms with Crippen LogP contribution in [0.25, 0.3) is 0 Å². The summed E-state index contributed by atoms with van der Waals surface area (Å²) >= 11 is 7.69. The van der Waals surface area contributed by atoms with Crippen molar-refractivity contribution in [2.45, 2.75) is 17.2 Å². The Bertz CT molecular complexity index is 502. The third-order valence-electron chi connectivity index (χ3n) is 2.29. The van der Waals surface area contributed by atoms with Crippen LogP contribution in [0.15, 0.2) is 47.5 Å². The molecule has 0 saturated heterocycles. The number of nitrogens with two attached hydrogens (primary N) is 1. The molecule has 0 fully saturated rings. The molecule has 1 heterocycles. The van der Waals surface area contributed by atoms with Crippen LogP contribution in [0, 0.1) is 0 Å². The zero-order valence-corrected chi connectivity index (χ0v) is 10.8. The van der Waals surface area contributed by atoms with Gasteiger partial charge in [0.25, 0.3) is 0 Å². The summed E-state index contributed by atoms with van der Waals surface area (Å²) in [6, 6.07) is 11.9. The monoisotopic (exact) mass is 264 g/mol. The van der Waals surface area contributed by atoms with Gasteiger partial charge in [-0.25, -0.2) is 0 Å². The number of hydrogen-bond acceptors (Lipinski definition) is 3. The maximum absolute atomic E-state index is 5.93. The maximum Gasteiger partial charge on any atom is 0.0542 e. The molecular formula is C13H13ClN2S. The summed E-state index contributed by atoms with van der Waals surface area (Å²) in [6.45, 7) is 0.482. The summed E-state index contributed by atoms with van der Waals surface area (Å²) in [4.78, 5) is 5.34. The van der Waals surface area contributed by atoms with E-state index in [1.54, 1.807) is 18.0 Å². The molecule has 2 nitrogen and oxygen atoms in total. The van der Waals surface area contributed by atoms with Gasteiger partial charge >= 0.3 is 0 Å². The summed E-state index contributed by atoms with van der Waals surface area (Å²) in [5.41, 5.74) is 7.71. The molecule has 0 spiro atoms. The maximum atomic E-state index is 5.93. The number of pyridine rings is 1. The number of aromatic nitrogens is 1. The van der Waals surface area contributed by atoms with Crippen molar-refractivity contribution in [1.29, 1.82) is 0 Å². The van der Waals surface area contributed by atoms with Crippen LogP contribution in [0.4, 0.5) is 0 Å². The lowest BCUT2D eigenvalue weighted by Crippen LogP contribution is -1.99. The predicted octanol–water partition coefficient (Wildman–Crippen LogP) is 3.49. The molecule has 0 aliphatic heterocycles. The zero-order valence-electron chi connectivity index (χ0n) is 9.27. The van der Waals surface area contributed by atoms with Gasteiger partial charge in [-0.1, -0.05) is 17.7 Å². The van der Waals surface area contributed by atoms with Crippen LogP contribution < -0.4 is 5.73 Å². The van der Waals surface area contributed by atoms with Gasteiger partial charge in [-0.2, -0.15) is 0 Å². The Labute approximate surface area is 110 Å². The van der Waals surface area contributed by atoms with Gasteiger partial charge in [0, 0.05) is 28.4 Å². The molecule has 2 rings (SSSR count). The first-order chi connectivity index (χ1) is 8.28. The van der Waals surface area contributed by atoms with E-state index in [4.69, 9.17) is 17.3 Å². The quantitative estimate of drug-likeness (QED) is 0.860. The first kappa shape index (κ1) is 12.4. The zero-order chi connectivity index (χ0) is 12.1. The Balaban J connectivity index is 2.02. The molecule has 0 aliphatic carbocycles. The van der Waals surface area contributed by atoms with Gasteiger partial charge in [-0.3, -0.25) is 4.98 Å². The van der Waals surface area contributed by atoms with Crippen molar-refractivity contribution < 1.29 is 0 Å². The summed E-state index contributed by atoms with van der Waals surface area (Å²) in [5, 5.41) is 0.771. The molecule has 1 aromatic carbocycles. The smallest absolute Gasteiger partial charge is 0.0542 e. The molecule has 0 bridgehead atoms. The van der Waals surface area contributed by atoms with Crippen molar-refractivity contribution >= 4 is 23.4 Å².